The molecule has 0 saturated heterocycles. The van der Waals surface area contributed by atoms with Crippen LogP contribution in [0.25, 0.3) is 10.9 Å². The lowest BCUT2D eigenvalue weighted by molar-refractivity contribution is 0.757. The number of benzene rings is 2. The predicted molar refractivity (Wildman–Crippen MR) is 89.6 cm³/mol. The van der Waals surface area contributed by atoms with Crippen molar-refractivity contribution in [2.45, 2.75) is 6.54 Å². The van der Waals surface area contributed by atoms with Gasteiger partial charge in [-0.05, 0) is 36.4 Å². The molecule has 1 N–H and O–H groups in total. The highest BCUT2D eigenvalue weighted by atomic mass is 79.9. The number of para-hydroxylation sites is 1. The van der Waals surface area contributed by atoms with Gasteiger partial charge in [-0.15, -0.1) is 0 Å². The lowest BCUT2D eigenvalue weighted by atomic mass is 10.2. The maximum Gasteiger partial charge on any atom is 0.0670 e. The average molecular weight is 350 g/mol. The summed E-state index contributed by atoms with van der Waals surface area (Å²) in [7, 11) is 0. The van der Waals surface area contributed by atoms with Gasteiger partial charge in [-0.2, -0.15) is 0 Å². The van der Waals surface area contributed by atoms with E-state index in [1.54, 1.807) is 0 Å². The van der Waals surface area contributed by atoms with Gasteiger partial charge in [0.2, 0.25) is 0 Å². The molecule has 0 aliphatic rings. The predicted octanol–water partition coefficient (Wildman–Crippen LogP) is 5.17. The third-order valence-corrected chi connectivity index (χ3v) is 4.10. The fraction of sp³-hybridized carbons (Fsp3) is 0.125. The minimum absolute atomic E-state index is 0.802. The number of hydrogen-bond donors (Lipinski definition) is 1. The van der Waals surface area contributed by atoms with Crippen LogP contribution >= 0.6 is 27.5 Å². The molecule has 0 aliphatic carbocycles. The highest BCUT2D eigenvalue weighted by Crippen LogP contribution is 2.24. The van der Waals surface area contributed by atoms with Crippen LogP contribution in [0, 0.1) is 0 Å². The van der Waals surface area contributed by atoms with Crippen LogP contribution in [0.4, 0.5) is 5.69 Å². The molecule has 20 heavy (non-hydrogen) atoms. The standard InChI is InChI=1S/C16H14BrClN2/c17-13-4-6-14(7-5-13)19-9-11-20-10-8-12-2-1-3-15(18)16(12)20/h1-8,10,19H,9,11H2. The summed E-state index contributed by atoms with van der Waals surface area (Å²) in [4.78, 5) is 0. The molecule has 3 rings (SSSR count). The molecule has 4 heteroatoms. The second-order valence-electron chi connectivity index (χ2n) is 4.62. The van der Waals surface area contributed by atoms with Crippen LogP contribution in [0.3, 0.4) is 0 Å². The molecule has 3 aromatic rings. The van der Waals surface area contributed by atoms with E-state index in [0.29, 0.717) is 0 Å². The van der Waals surface area contributed by atoms with E-state index in [1.165, 1.54) is 5.39 Å². The maximum absolute atomic E-state index is 6.27. The molecule has 102 valence electrons. The summed E-state index contributed by atoms with van der Waals surface area (Å²) >= 11 is 9.70. The van der Waals surface area contributed by atoms with E-state index in [1.807, 2.05) is 24.3 Å². The Kier molecular flexibility index (Phi) is 3.99. The summed E-state index contributed by atoms with van der Waals surface area (Å²) in [6, 6.07) is 16.3. The summed E-state index contributed by atoms with van der Waals surface area (Å²) in [6.45, 7) is 1.74. The van der Waals surface area contributed by atoms with Crippen LogP contribution in [0.1, 0.15) is 0 Å². The molecule has 0 unspecified atom stereocenters. The zero-order valence-corrected chi connectivity index (χ0v) is 13.2. The Morgan fingerprint density at radius 2 is 1.85 bits per heavy atom. The lowest BCUT2D eigenvalue weighted by Gasteiger charge is -2.09. The average Bonchev–Trinajstić information content (AvgIpc) is 2.86. The highest BCUT2D eigenvalue weighted by molar-refractivity contribution is 9.10. The molecular formula is C16H14BrClN2. The molecule has 0 atom stereocenters. The van der Waals surface area contributed by atoms with Crippen molar-refractivity contribution in [2.75, 3.05) is 11.9 Å². The van der Waals surface area contributed by atoms with Gasteiger partial charge in [-0.1, -0.05) is 39.7 Å². The maximum atomic E-state index is 6.27. The Morgan fingerprint density at radius 3 is 2.65 bits per heavy atom. The van der Waals surface area contributed by atoms with Crippen LogP contribution < -0.4 is 5.32 Å². The van der Waals surface area contributed by atoms with Gasteiger partial charge < -0.3 is 9.88 Å². The van der Waals surface area contributed by atoms with E-state index in [-0.39, 0.29) is 0 Å². The summed E-state index contributed by atoms with van der Waals surface area (Å²) in [5.74, 6) is 0. The number of fused-ring (bicyclic) bond motifs is 1. The van der Waals surface area contributed by atoms with Crippen molar-refractivity contribution < 1.29 is 0 Å². The molecule has 0 aliphatic heterocycles. The number of halogens is 2. The van der Waals surface area contributed by atoms with Crippen LogP contribution in [0.5, 0.6) is 0 Å². The summed E-state index contributed by atoms with van der Waals surface area (Å²) < 4.78 is 3.27. The summed E-state index contributed by atoms with van der Waals surface area (Å²) in [5.41, 5.74) is 2.22. The van der Waals surface area contributed by atoms with Crippen molar-refractivity contribution in [3.05, 3.63) is 64.2 Å². The molecule has 0 radical (unpaired) electrons. The van der Waals surface area contributed by atoms with Crippen LogP contribution in [-0.2, 0) is 6.54 Å². The summed E-state index contributed by atoms with van der Waals surface area (Å²) in [6.07, 6.45) is 2.08. The third-order valence-electron chi connectivity index (χ3n) is 3.27. The normalized spacial score (nSPS) is 10.9. The molecule has 2 aromatic carbocycles. The van der Waals surface area contributed by atoms with Crippen molar-refractivity contribution in [1.82, 2.24) is 4.57 Å². The quantitative estimate of drug-likeness (QED) is 0.687. The Hall–Kier alpha value is -1.45. The first-order valence-corrected chi connectivity index (χ1v) is 7.64. The monoisotopic (exact) mass is 348 g/mol. The van der Waals surface area contributed by atoms with Crippen LogP contribution in [-0.4, -0.2) is 11.1 Å². The molecule has 2 nitrogen and oxygen atoms in total. The zero-order valence-electron chi connectivity index (χ0n) is 10.8. The fourth-order valence-corrected chi connectivity index (χ4v) is 2.84. The van der Waals surface area contributed by atoms with Crippen molar-refractivity contribution in [3.63, 3.8) is 0 Å². The van der Waals surface area contributed by atoms with E-state index >= 15 is 0 Å². The molecule has 1 heterocycles. The molecule has 1 aromatic heterocycles. The van der Waals surface area contributed by atoms with Gasteiger partial charge in [0, 0.05) is 34.8 Å². The Bertz CT molecular complexity index is 719. The van der Waals surface area contributed by atoms with Crippen molar-refractivity contribution in [1.29, 1.82) is 0 Å². The zero-order chi connectivity index (χ0) is 13.9. The van der Waals surface area contributed by atoms with Crippen molar-refractivity contribution >= 4 is 44.1 Å². The topological polar surface area (TPSA) is 17.0 Å². The second kappa shape index (κ2) is 5.90. The highest BCUT2D eigenvalue weighted by Gasteiger charge is 2.04. The number of nitrogens with zero attached hydrogens (tertiary/aromatic N) is 1. The van der Waals surface area contributed by atoms with Crippen molar-refractivity contribution in [3.8, 4) is 0 Å². The number of aromatic nitrogens is 1. The van der Waals surface area contributed by atoms with Gasteiger partial charge in [0.15, 0.2) is 0 Å². The lowest BCUT2D eigenvalue weighted by Crippen LogP contribution is -2.09. The minimum atomic E-state index is 0.802. The Morgan fingerprint density at radius 1 is 1.05 bits per heavy atom. The molecule has 0 spiro atoms. The molecule has 0 bridgehead atoms. The number of anilines is 1. The first-order valence-electron chi connectivity index (χ1n) is 6.47. The smallest absolute Gasteiger partial charge is 0.0670 e. The number of rotatable bonds is 4. The van der Waals surface area contributed by atoms with E-state index < -0.39 is 0 Å². The van der Waals surface area contributed by atoms with Gasteiger partial charge in [0.25, 0.3) is 0 Å². The Balaban J connectivity index is 1.70. The second-order valence-corrected chi connectivity index (χ2v) is 5.94. The van der Waals surface area contributed by atoms with Crippen LogP contribution in [0.2, 0.25) is 5.02 Å². The van der Waals surface area contributed by atoms with Crippen molar-refractivity contribution in [2.24, 2.45) is 0 Å². The van der Waals surface area contributed by atoms with E-state index in [0.717, 1.165) is 33.8 Å². The fourth-order valence-electron chi connectivity index (χ4n) is 2.29. The third kappa shape index (κ3) is 2.84. The van der Waals surface area contributed by atoms with Gasteiger partial charge in [0.05, 0.1) is 10.5 Å². The first kappa shape index (κ1) is 13.5. The Labute approximate surface area is 131 Å². The van der Waals surface area contributed by atoms with Crippen LogP contribution in [0.15, 0.2) is 59.2 Å². The SMILES string of the molecule is Clc1cccc2ccn(CCNc3ccc(Br)cc3)c12. The molecule has 0 saturated carbocycles. The van der Waals surface area contributed by atoms with Gasteiger partial charge in [-0.25, -0.2) is 0 Å². The molecule has 0 fully saturated rings. The van der Waals surface area contributed by atoms with E-state index in [4.69, 9.17) is 11.6 Å². The summed E-state index contributed by atoms with van der Waals surface area (Å²) in [5, 5.41) is 5.39. The van der Waals surface area contributed by atoms with Gasteiger partial charge >= 0.3 is 0 Å². The number of hydrogen-bond acceptors (Lipinski definition) is 1. The minimum Gasteiger partial charge on any atom is -0.383 e. The van der Waals surface area contributed by atoms with Gasteiger partial charge in [-0.3, -0.25) is 0 Å². The number of nitrogens with one attached hydrogen (secondary N) is 1. The van der Waals surface area contributed by atoms with E-state index in [2.05, 4.69) is 56.3 Å². The molecular weight excluding hydrogens is 336 g/mol. The first-order chi connectivity index (χ1) is 9.74. The molecule has 0 amide bonds. The van der Waals surface area contributed by atoms with E-state index in [9.17, 15) is 0 Å². The van der Waals surface area contributed by atoms with Gasteiger partial charge in [0.1, 0.15) is 0 Å². The largest absolute Gasteiger partial charge is 0.383 e.